The van der Waals surface area contributed by atoms with E-state index in [9.17, 15) is 14.3 Å². The SMILES string of the molecule is CCc1cc(O)c(F)cc1-c1ccc2c(-c3nc4c([nH]3)CCN(C(=O)c3cnc(N5CCOCC5)cn3)C4)n[nH]c2c1. The lowest BCUT2D eigenvalue weighted by atomic mass is 9.96. The van der Waals surface area contributed by atoms with Gasteiger partial charge >= 0.3 is 0 Å². The number of benzene rings is 2. The molecule has 7 rings (SSSR count). The summed E-state index contributed by atoms with van der Waals surface area (Å²) in [5.41, 5.74) is 5.92. The van der Waals surface area contributed by atoms with Crippen molar-refractivity contribution in [3.05, 3.63) is 71.2 Å². The topological polar surface area (TPSA) is 136 Å². The highest BCUT2D eigenvalue weighted by atomic mass is 19.1. The summed E-state index contributed by atoms with van der Waals surface area (Å²) in [6.07, 6.45) is 4.47. The lowest BCUT2D eigenvalue weighted by Gasteiger charge is -2.28. The molecule has 0 atom stereocenters. The molecule has 214 valence electrons. The number of hydrogen-bond donors (Lipinski definition) is 3. The Hall–Kier alpha value is -4.84. The number of halogens is 1. The Morgan fingerprint density at radius 2 is 1.98 bits per heavy atom. The summed E-state index contributed by atoms with van der Waals surface area (Å²) in [6, 6.07) is 8.61. The fourth-order valence-electron chi connectivity index (χ4n) is 5.66. The summed E-state index contributed by atoms with van der Waals surface area (Å²) >= 11 is 0. The molecule has 3 aromatic heterocycles. The minimum Gasteiger partial charge on any atom is -0.505 e. The van der Waals surface area contributed by atoms with E-state index in [2.05, 4.69) is 30.0 Å². The summed E-state index contributed by atoms with van der Waals surface area (Å²) < 4.78 is 19.6. The Balaban J connectivity index is 1.10. The minimum absolute atomic E-state index is 0.180. The van der Waals surface area contributed by atoms with Crippen molar-refractivity contribution in [1.82, 2.24) is 35.0 Å². The van der Waals surface area contributed by atoms with Gasteiger partial charge in [-0.15, -0.1) is 0 Å². The molecule has 0 bridgehead atoms. The molecule has 1 amide bonds. The van der Waals surface area contributed by atoms with Gasteiger partial charge in [0.25, 0.3) is 5.91 Å². The molecule has 0 saturated carbocycles. The van der Waals surface area contributed by atoms with Crippen LogP contribution in [-0.2, 0) is 24.1 Å². The van der Waals surface area contributed by atoms with Crippen molar-refractivity contribution in [3.8, 4) is 28.4 Å². The molecule has 1 fully saturated rings. The number of carbonyl (C=O) groups is 1. The minimum atomic E-state index is -0.654. The Bertz CT molecular complexity index is 1790. The average molecular weight is 569 g/mol. The zero-order chi connectivity index (χ0) is 28.8. The molecule has 0 aliphatic carbocycles. The second kappa shape index (κ2) is 10.5. The van der Waals surface area contributed by atoms with Gasteiger partial charge in [0.05, 0.1) is 43.4 Å². The van der Waals surface area contributed by atoms with Crippen LogP contribution >= 0.6 is 0 Å². The smallest absolute Gasteiger partial charge is 0.274 e. The predicted octanol–water partition coefficient (Wildman–Crippen LogP) is 3.85. The van der Waals surface area contributed by atoms with E-state index in [1.54, 1.807) is 17.3 Å². The van der Waals surface area contributed by atoms with E-state index in [0.717, 1.165) is 57.9 Å². The first-order chi connectivity index (χ1) is 20.5. The number of anilines is 1. The third-order valence-corrected chi connectivity index (χ3v) is 7.97. The number of nitrogens with zero attached hydrogens (tertiary/aromatic N) is 6. The number of imidazole rings is 1. The number of H-pyrrole nitrogens is 2. The van der Waals surface area contributed by atoms with Crippen molar-refractivity contribution in [3.63, 3.8) is 0 Å². The fraction of sp³-hybridized carbons (Fsp3) is 0.300. The van der Waals surface area contributed by atoms with Gasteiger partial charge in [-0.1, -0.05) is 13.0 Å². The van der Waals surface area contributed by atoms with Crippen molar-refractivity contribution >= 4 is 22.6 Å². The fourth-order valence-corrected chi connectivity index (χ4v) is 5.66. The van der Waals surface area contributed by atoms with Crippen LogP contribution in [-0.4, -0.2) is 78.9 Å². The van der Waals surface area contributed by atoms with Gasteiger partial charge in [-0.25, -0.2) is 19.3 Å². The first-order valence-electron chi connectivity index (χ1n) is 14.0. The second-order valence-corrected chi connectivity index (χ2v) is 10.5. The van der Waals surface area contributed by atoms with Crippen molar-refractivity contribution in [2.75, 3.05) is 37.7 Å². The Morgan fingerprint density at radius 1 is 1.12 bits per heavy atom. The van der Waals surface area contributed by atoms with Crippen molar-refractivity contribution < 1.29 is 19.0 Å². The predicted molar refractivity (Wildman–Crippen MR) is 154 cm³/mol. The number of nitrogens with one attached hydrogen (secondary N) is 2. The number of aromatic nitrogens is 6. The van der Waals surface area contributed by atoms with E-state index in [1.807, 2.05) is 25.1 Å². The van der Waals surface area contributed by atoms with Crippen LogP contribution in [0.5, 0.6) is 5.75 Å². The molecular formula is C30H29FN8O3. The number of phenols is 1. The van der Waals surface area contributed by atoms with Crippen LogP contribution in [0.2, 0.25) is 0 Å². The molecule has 0 unspecified atom stereocenters. The van der Waals surface area contributed by atoms with Crippen molar-refractivity contribution in [2.45, 2.75) is 26.3 Å². The van der Waals surface area contributed by atoms with Gasteiger partial charge in [-0.2, -0.15) is 5.10 Å². The molecule has 0 radical (unpaired) electrons. The van der Waals surface area contributed by atoms with Crippen LogP contribution in [0.15, 0.2) is 42.7 Å². The maximum Gasteiger partial charge on any atom is 0.274 e. The largest absolute Gasteiger partial charge is 0.505 e. The highest BCUT2D eigenvalue weighted by Crippen LogP contribution is 2.34. The van der Waals surface area contributed by atoms with Crippen LogP contribution in [0.3, 0.4) is 0 Å². The van der Waals surface area contributed by atoms with E-state index >= 15 is 0 Å². The number of aromatic amines is 2. The number of morpholine rings is 1. The Labute approximate surface area is 240 Å². The van der Waals surface area contributed by atoms with Gasteiger partial charge in [0.2, 0.25) is 0 Å². The summed E-state index contributed by atoms with van der Waals surface area (Å²) in [7, 11) is 0. The monoisotopic (exact) mass is 568 g/mol. The van der Waals surface area contributed by atoms with E-state index in [4.69, 9.17) is 9.72 Å². The number of aromatic hydroxyl groups is 1. The molecule has 3 N–H and O–H groups in total. The molecule has 2 aliphatic rings. The van der Waals surface area contributed by atoms with Crippen molar-refractivity contribution in [2.24, 2.45) is 0 Å². The average Bonchev–Trinajstić information content (AvgIpc) is 3.65. The van der Waals surface area contributed by atoms with Crippen molar-refractivity contribution in [1.29, 1.82) is 0 Å². The first kappa shape index (κ1) is 26.1. The third kappa shape index (κ3) is 4.63. The third-order valence-electron chi connectivity index (χ3n) is 7.97. The van der Waals surface area contributed by atoms with Gasteiger partial charge in [0, 0.05) is 37.1 Å². The number of fused-ring (bicyclic) bond motifs is 2. The van der Waals surface area contributed by atoms with E-state index < -0.39 is 5.82 Å². The zero-order valence-corrected chi connectivity index (χ0v) is 23.0. The number of carbonyl (C=O) groups excluding carboxylic acids is 1. The van der Waals surface area contributed by atoms with Crippen LogP contribution in [0.4, 0.5) is 10.2 Å². The molecule has 0 spiro atoms. The maximum atomic E-state index is 14.2. The molecule has 5 aromatic rings. The number of phenolic OH excluding ortho intramolecular Hbond substituents is 1. The van der Waals surface area contributed by atoms with Gasteiger partial charge in [0.15, 0.2) is 17.4 Å². The molecule has 2 aliphatic heterocycles. The molecule has 5 heterocycles. The quantitative estimate of drug-likeness (QED) is 0.291. The molecule has 1 saturated heterocycles. The summed E-state index contributed by atoms with van der Waals surface area (Å²) in [6.45, 7) is 5.67. The number of hydrogen-bond acceptors (Lipinski definition) is 8. The van der Waals surface area contributed by atoms with Gasteiger partial charge in [-0.3, -0.25) is 9.89 Å². The molecule has 2 aromatic carbocycles. The highest BCUT2D eigenvalue weighted by molar-refractivity contribution is 5.94. The zero-order valence-electron chi connectivity index (χ0n) is 23.0. The molecule has 11 nitrogen and oxygen atoms in total. The van der Waals surface area contributed by atoms with Crippen LogP contribution < -0.4 is 4.90 Å². The van der Waals surface area contributed by atoms with Crippen LogP contribution in [0, 0.1) is 5.82 Å². The van der Waals surface area contributed by atoms with Gasteiger partial charge < -0.3 is 24.6 Å². The first-order valence-corrected chi connectivity index (χ1v) is 14.0. The highest BCUT2D eigenvalue weighted by Gasteiger charge is 2.27. The number of amides is 1. The Kier molecular flexibility index (Phi) is 6.54. The summed E-state index contributed by atoms with van der Waals surface area (Å²) in [5.74, 6) is 0.177. The van der Waals surface area contributed by atoms with E-state index in [0.29, 0.717) is 56.4 Å². The normalized spacial score (nSPS) is 15.3. The van der Waals surface area contributed by atoms with Crippen LogP contribution in [0.25, 0.3) is 33.5 Å². The molecular weight excluding hydrogens is 539 g/mol. The van der Waals surface area contributed by atoms with E-state index in [-0.39, 0.29) is 11.7 Å². The summed E-state index contributed by atoms with van der Waals surface area (Å²) in [5, 5.41) is 18.3. The number of ether oxygens (including phenoxy) is 1. The molecule has 42 heavy (non-hydrogen) atoms. The van der Waals surface area contributed by atoms with Crippen LogP contribution in [0.1, 0.15) is 34.4 Å². The maximum absolute atomic E-state index is 14.2. The lowest BCUT2D eigenvalue weighted by Crippen LogP contribution is -2.38. The standard InChI is InChI=1S/C30H29FN8O3/c1-2-17-12-26(40)21(31)13-20(17)18-3-4-19-23(11-18)36-37-28(19)29-34-22-5-6-39(16-25(22)35-29)30(41)24-14-33-27(15-32-24)38-7-9-42-10-8-38/h3-4,11-15,40H,2,5-10,16H2,1H3,(H,34,35)(H,36,37). The lowest BCUT2D eigenvalue weighted by molar-refractivity contribution is 0.0725. The van der Waals surface area contributed by atoms with Gasteiger partial charge in [0.1, 0.15) is 17.2 Å². The number of aryl methyl sites for hydroxylation is 1. The number of rotatable bonds is 5. The Morgan fingerprint density at radius 3 is 2.76 bits per heavy atom. The van der Waals surface area contributed by atoms with E-state index in [1.165, 1.54) is 12.1 Å². The molecule has 12 heteroatoms. The summed E-state index contributed by atoms with van der Waals surface area (Å²) in [4.78, 5) is 34.2. The second-order valence-electron chi connectivity index (χ2n) is 10.5. The van der Waals surface area contributed by atoms with Gasteiger partial charge in [-0.05, 0) is 47.4 Å².